The van der Waals surface area contributed by atoms with Crippen molar-refractivity contribution in [3.05, 3.63) is 21.7 Å². The van der Waals surface area contributed by atoms with E-state index in [0.717, 1.165) is 0 Å². The number of hydrogen-bond acceptors (Lipinski definition) is 6. The predicted octanol–water partition coefficient (Wildman–Crippen LogP) is 1.39. The largest absolute Gasteiger partial charge is 0.492 e. The van der Waals surface area contributed by atoms with E-state index in [2.05, 4.69) is 0 Å². The molecular formula is C10H11NO6. The van der Waals surface area contributed by atoms with E-state index >= 15 is 0 Å². The molecule has 0 aromatic heterocycles. The standard InChI is InChI=1S/C10H11NO6/c1-5(12)8-6(11(13)14)3-7-9(10(8)15-2)17-4-16-7/h3,5,12H,4H2,1-2H3. The van der Waals surface area contributed by atoms with Crippen molar-refractivity contribution in [1.82, 2.24) is 0 Å². The van der Waals surface area contributed by atoms with Crippen molar-refractivity contribution in [3.8, 4) is 17.2 Å². The van der Waals surface area contributed by atoms with Gasteiger partial charge in [-0.25, -0.2) is 0 Å². The number of nitrogens with zero attached hydrogens (tertiary/aromatic N) is 1. The summed E-state index contributed by atoms with van der Waals surface area (Å²) in [5.74, 6) is 0.675. The number of ether oxygens (including phenoxy) is 3. The van der Waals surface area contributed by atoms with Gasteiger partial charge >= 0.3 is 0 Å². The minimum atomic E-state index is -1.04. The molecular weight excluding hydrogens is 230 g/mol. The number of methoxy groups -OCH3 is 1. The lowest BCUT2D eigenvalue weighted by Crippen LogP contribution is -2.03. The van der Waals surface area contributed by atoms with Crippen LogP contribution in [0, 0.1) is 10.1 Å². The van der Waals surface area contributed by atoms with E-state index in [1.54, 1.807) is 0 Å². The first-order valence-electron chi connectivity index (χ1n) is 4.89. The lowest BCUT2D eigenvalue weighted by atomic mass is 10.1. The van der Waals surface area contributed by atoms with Crippen LogP contribution < -0.4 is 14.2 Å². The van der Waals surface area contributed by atoms with Gasteiger partial charge in [0.2, 0.25) is 12.5 Å². The van der Waals surface area contributed by atoms with Gasteiger partial charge in [-0.05, 0) is 6.92 Å². The maximum atomic E-state index is 10.9. The second kappa shape index (κ2) is 4.10. The Balaban J connectivity index is 2.72. The summed E-state index contributed by atoms with van der Waals surface area (Å²) >= 11 is 0. The second-order valence-corrected chi connectivity index (χ2v) is 3.51. The molecule has 0 aliphatic carbocycles. The Morgan fingerprint density at radius 1 is 1.59 bits per heavy atom. The number of aliphatic hydroxyl groups is 1. The number of aliphatic hydroxyl groups excluding tert-OH is 1. The fraction of sp³-hybridized carbons (Fsp3) is 0.400. The molecule has 1 heterocycles. The van der Waals surface area contributed by atoms with Gasteiger partial charge in [-0.1, -0.05) is 0 Å². The molecule has 0 fully saturated rings. The Labute approximate surface area is 96.7 Å². The lowest BCUT2D eigenvalue weighted by molar-refractivity contribution is -0.386. The molecule has 1 aromatic carbocycles. The number of fused-ring (bicyclic) bond motifs is 1. The zero-order chi connectivity index (χ0) is 12.6. The highest BCUT2D eigenvalue weighted by Crippen LogP contribution is 2.49. The number of nitro benzene ring substituents is 1. The summed E-state index contributed by atoms with van der Waals surface area (Å²) in [6.45, 7) is 1.40. The van der Waals surface area contributed by atoms with Crippen LogP contribution >= 0.6 is 0 Å². The van der Waals surface area contributed by atoms with Crippen LogP contribution in [0.1, 0.15) is 18.6 Å². The first-order chi connectivity index (χ1) is 8.06. The molecule has 92 valence electrons. The van der Waals surface area contributed by atoms with Crippen LogP contribution in [0.4, 0.5) is 5.69 Å². The Morgan fingerprint density at radius 2 is 2.29 bits per heavy atom. The first-order valence-corrected chi connectivity index (χ1v) is 4.89. The van der Waals surface area contributed by atoms with Crippen molar-refractivity contribution in [2.45, 2.75) is 13.0 Å². The minimum absolute atomic E-state index is 0.0217. The van der Waals surface area contributed by atoms with E-state index in [1.807, 2.05) is 0 Å². The molecule has 0 amide bonds. The van der Waals surface area contributed by atoms with Gasteiger partial charge in [0.25, 0.3) is 5.69 Å². The number of benzene rings is 1. The zero-order valence-corrected chi connectivity index (χ0v) is 9.30. The predicted molar refractivity (Wildman–Crippen MR) is 56.4 cm³/mol. The molecule has 1 aromatic rings. The topological polar surface area (TPSA) is 91.1 Å². The highest BCUT2D eigenvalue weighted by molar-refractivity contribution is 5.65. The zero-order valence-electron chi connectivity index (χ0n) is 9.30. The van der Waals surface area contributed by atoms with Gasteiger partial charge in [-0.3, -0.25) is 10.1 Å². The summed E-state index contributed by atoms with van der Waals surface area (Å²) in [6.07, 6.45) is -1.04. The fourth-order valence-corrected chi connectivity index (χ4v) is 1.77. The maximum absolute atomic E-state index is 10.9. The van der Waals surface area contributed by atoms with Crippen LogP contribution in [-0.2, 0) is 0 Å². The van der Waals surface area contributed by atoms with Crippen LogP contribution in [0.15, 0.2) is 6.07 Å². The normalized spacial score (nSPS) is 14.5. The summed E-state index contributed by atoms with van der Waals surface area (Å²) < 4.78 is 15.3. The molecule has 1 atom stereocenters. The average Bonchev–Trinajstić information content (AvgIpc) is 2.73. The quantitative estimate of drug-likeness (QED) is 0.635. The molecule has 2 rings (SSSR count). The van der Waals surface area contributed by atoms with E-state index in [0.29, 0.717) is 0 Å². The van der Waals surface area contributed by atoms with E-state index in [9.17, 15) is 15.2 Å². The molecule has 0 spiro atoms. The Hall–Kier alpha value is -2.02. The third-order valence-corrected chi connectivity index (χ3v) is 2.45. The van der Waals surface area contributed by atoms with Crippen molar-refractivity contribution in [2.24, 2.45) is 0 Å². The molecule has 7 heteroatoms. The number of hydrogen-bond donors (Lipinski definition) is 1. The lowest BCUT2D eigenvalue weighted by Gasteiger charge is -2.13. The highest BCUT2D eigenvalue weighted by Gasteiger charge is 2.32. The van der Waals surface area contributed by atoms with Gasteiger partial charge in [0.1, 0.15) is 5.56 Å². The molecule has 0 saturated heterocycles. The summed E-state index contributed by atoms with van der Waals surface area (Å²) in [4.78, 5) is 10.3. The molecule has 0 radical (unpaired) electrons. The van der Waals surface area contributed by atoms with Crippen LogP contribution in [0.5, 0.6) is 17.2 Å². The second-order valence-electron chi connectivity index (χ2n) is 3.51. The Kier molecular flexibility index (Phi) is 2.76. The third-order valence-electron chi connectivity index (χ3n) is 2.45. The minimum Gasteiger partial charge on any atom is -0.492 e. The van der Waals surface area contributed by atoms with Gasteiger partial charge in [-0.2, -0.15) is 0 Å². The Bertz CT molecular complexity index is 470. The SMILES string of the molecule is COc1c2c(cc([N+](=O)[O-])c1C(C)O)OCO2. The van der Waals surface area contributed by atoms with E-state index in [-0.39, 0.29) is 35.3 Å². The van der Waals surface area contributed by atoms with Crippen molar-refractivity contribution in [3.63, 3.8) is 0 Å². The maximum Gasteiger partial charge on any atom is 0.282 e. The summed E-state index contributed by atoms with van der Waals surface area (Å²) in [5.41, 5.74) is -0.164. The molecule has 7 nitrogen and oxygen atoms in total. The number of nitro groups is 1. The molecule has 1 unspecified atom stereocenters. The Morgan fingerprint density at radius 3 is 2.82 bits per heavy atom. The first kappa shape index (κ1) is 11.5. The molecule has 17 heavy (non-hydrogen) atoms. The third kappa shape index (κ3) is 1.74. The smallest absolute Gasteiger partial charge is 0.282 e. The summed E-state index contributed by atoms with van der Waals surface area (Å²) in [5, 5.41) is 20.6. The van der Waals surface area contributed by atoms with E-state index in [1.165, 1.54) is 20.1 Å². The van der Waals surface area contributed by atoms with Gasteiger partial charge in [0, 0.05) is 0 Å². The molecule has 0 bridgehead atoms. The van der Waals surface area contributed by atoms with Gasteiger partial charge in [0.15, 0.2) is 11.5 Å². The monoisotopic (exact) mass is 241 g/mol. The van der Waals surface area contributed by atoms with Crippen LogP contribution in [0.25, 0.3) is 0 Å². The van der Waals surface area contributed by atoms with Gasteiger partial charge in [0.05, 0.1) is 24.2 Å². The molecule has 0 saturated carbocycles. The summed E-state index contributed by atoms with van der Waals surface area (Å²) in [6, 6.07) is 1.23. The van der Waals surface area contributed by atoms with Crippen molar-refractivity contribution < 1.29 is 24.2 Å². The van der Waals surface area contributed by atoms with Crippen molar-refractivity contribution in [2.75, 3.05) is 13.9 Å². The van der Waals surface area contributed by atoms with Crippen molar-refractivity contribution in [1.29, 1.82) is 0 Å². The van der Waals surface area contributed by atoms with E-state index in [4.69, 9.17) is 14.2 Å². The molecule has 1 N–H and O–H groups in total. The van der Waals surface area contributed by atoms with Gasteiger partial charge in [-0.15, -0.1) is 0 Å². The van der Waals surface area contributed by atoms with Crippen LogP contribution in [0.3, 0.4) is 0 Å². The van der Waals surface area contributed by atoms with Crippen LogP contribution in [-0.4, -0.2) is 23.9 Å². The van der Waals surface area contributed by atoms with Gasteiger partial charge < -0.3 is 19.3 Å². The van der Waals surface area contributed by atoms with E-state index < -0.39 is 11.0 Å². The average molecular weight is 241 g/mol. The van der Waals surface area contributed by atoms with Crippen molar-refractivity contribution >= 4 is 5.69 Å². The molecule has 1 aliphatic rings. The van der Waals surface area contributed by atoms with Crippen LogP contribution in [0.2, 0.25) is 0 Å². The summed E-state index contributed by atoms with van der Waals surface area (Å²) in [7, 11) is 1.35. The fourth-order valence-electron chi connectivity index (χ4n) is 1.77. The molecule has 1 aliphatic heterocycles. The number of rotatable bonds is 3. The highest BCUT2D eigenvalue weighted by atomic mass is 16.7.